The molecule has 1 atom stereocenters. The van der Waals surface area contributed by atoms with Crippen molar-refractivity contribution >= 4 is 14.9 Å². The summed E-state index contributed by atoms with van der Waals surface area (Å²) in [6, 6.07) is 0. The van der Waals surface area contributed by atoms with Crippen LogP contribution in [0.15, 0.2) is 0 Å². The number of carbonyl (C=O) groups is 1. The molecular weight excluding hydrogens is 107 g/mol. The summed E-state index contributed by atoms with van der Waals surface area (Å²) in [5.41, 5.74) is 0. The van der Waals surface area contributed by atoms with Crippen LogP contribution in [0, 0.1) is 0 Å². The van der Waals surface area contributed by atoms with Crippen LogP contribution in [0.1, 0.15) is 13.3 Å². The standard InChI is InChI=1S/C5H11OP/c1-2-7-5-3-4-6/h4,7H,2-3,5H2,1H3. The Labute approximate surface area is 46.3 Å². The van der Waals surface area contributed by atoms with E-state index in [4.69, 9.17) is 0 Å². The normalized spacial score (nSPS) is 10.4. The lowest BCUT2D eigenvalue weighted by atomic mass is 10.6. The van der Waals surface area contributed by atoms with Crippen molar-refractivity contribution in [2.75, 3.05) is 12.3 Å². The van der Waals surface area contributed by atoms with E-state index in [2.05, 4.69) is 6.92 Å². The molecule has 0 aromatic carbocycles. The minimum Gasteiger partial charge on any atom is -0.303 e. The quantitative estimate of drug-likeness (QED) is 0.308. The first-order valence-corrected chi connectivity index (χ1v) is 3.97. The van der Waals surface area contributed by atoms with Crippen molar-refractivity contribution < 1.29 is 4.79 Å². The zero-order chi connectivity index (χ0) is 5.54. The molecule has 0 radical (unpaired) electrons. The van der Waals surface area contributed by atoms with Crippen LogP contribution in [-0.4, -0.2) is 18.6 Å². The third-order valence-electron chi connectivity index (χ3n) is 0.689. The topological polar surface area (TPSA) is 17.1 Å². The van der Waals surface area contributed by atoms with Crippen molar-refractivity contribution in [2.45, 2.75) is 13.3 Å². The molecule has 0 aliphatic rings. The molecule has 0 amide bonds. The molecule has 1 nitrogen and oxygen atoms in total. The predicted octanol–water partition coefficient (Wildman–Crippen LogP) is 1.27. The van der Waals surface area contributed by atoms with Gasteiger partial charge in [0.05, 0.1) is 0 Å². The van der Waals surface area contributed by atoms with E-state index in [0.717, 1.165) is 27.4 Å². The summed E-state index contributed by atoms with van der Waals surface area (Å²) in [4.78, 5) is 9.68. The van der Waals surface area contributed by atoms with Crippen LogP contribution in [0.3, 0.4) is 0 Å². The minimum atomic E-state index is 0.756. The highest BCUT2D eigenvalue weighted by Gasteiger charge is 1.79. The van der Waals surface area contributed by atoms with Gasteiger partial charge in [-0.05, 0) is 12.3 Å². The maximum atomic E-state index is 9.68. The zero-order valence-electron chi connectivity index (χ0n) is 4.61. The third-order valence-corrected chi connectivity index (χ3v) is 1.83. The van der Waals surface area contributed by atoms with Gasteiger partial charge in [-0.3, -0.25) is 0 Å². The van der Waals surface area contributed by atoms with E-state index >= 15 is 0 Å². The fourth-order valence-corrected chi connectivity index (χ4v) is 1.01. The molecule has 0 aromatic rings. The highest BCUT2D eigenvalue weighted by atomic mass is 31.1. The van der Waals surface area contributed by atoms with E-state index in [1.807, 2.05) is 0 Å². The molecule has 0 aromatic heterocycles. The monoisotopic (exact) mass is 118 g/mol. The Morgan fingerprint density at radius 2 is 2.43 bits per heavy atom. The summed E-state index contributed by atoms with van der Waals surface area (Å²) in [6.07, 6.45) is 4.07. The molecule has 0 heterocycles. The molecule has 0 N–H and O–H groups in total. The van der Waals surface area contributed by atoms with Gasteiger partial charge in [0.2, 0.25) is 0 Å². The smallest absolute Gasteiger partial charge is 0.120 e. The van der Waals surface area contributed by atoms with Crippen LogP contribution in [-0.2, 0) is 4.79 Å². The van der Waals surface area contributed by atoms with Crippen molar-refractivity contribution in [3.63, 3.8) is 0 Å². The number of aldehydes is 1. The number of carbonyl (C=O) groups excluding carboxylic acids is 1. The Morgan fingerprint density at radius 1 is 1.71 bits per heavy atom. The molecule has 2 heteroatoms. The second-order valence-electron chi connectivity index (χ2n) is 1.31. The van der Waals surface area contributed by atoms with Gasteiger partial charge in [0, 0.05) is 6.42 Å². The van der Waals surface area contributed by atoms with Crippen molar-refractivity contribution in [3.05, 3.63) is 0 Å². The molecule has 7 heavy (non-hydrogen) atoms. The van der Waals surface area contributed by atoms with Crippen molar-refractivity contribution in [2.24, 2.45) is 0 Å². The molecule has 0 fully saturated rings. The molecule has 0 aliphatic carbocycles. The lowest BCUT2D eigenvalue weighted by Crippen LogP contribution is -1.76. The molecule has 0 rings (SSSR count). The van der Waals surface area contributed by atoms with Gasteiger partial charge in [-0.2, -0.15) is 0 Å². The molecule has 0 saturated carbocycles. The van der Waals surface area contributed by atoms with E-state index in [9.17, 15) is 4.79 Å². The van der Waals surface area contributed by atoms with E-state index in [0.29, 0.717) is 0 Å². The van der Waals surface area contributed by atoms with E-state index in [1.165, 1.54) is 6.16 Å². The van der Waals surface area contributed by atoms with Crippen LogP contribution in [0.4, 0.5) is 0 Å². The van der Waals surface area contributed by atoms with Gasteiger partial charge >= 0.3 is 0 Å². The Morgan fingerprint density at radius 3 is 2.86 bits per heavy atom. The van der Waals surface area contributed by atoms with E-state index < -0.39 is 0 Å². The summed E-state index contributed by atoms with van der Waals surface area (Å²) in [5.74, 6) is 0. The summed E-state index contributed by atoms with van der Waals surface area (Å²) in [5, 5.41) is 0. The first-order chi connectivity index (χ1) is 3.41. The van der Waals surface area contributed by atoms with Gasteiger partial charge in [-0.25, -0.2) is 0 Å². The maximum Gasteiger partial charge on any atom is 0.120 e. The fourth-order valence-electron chi connectivity index (χ4n) is 0.338. The first-order valence-electron chi connectivity index (χ1n) is 2.56. The van der Waals surface area contributed by atoms with Crippen LogP contribution >= 0.6 is 8.58 Å². The average Bonchev–Trinajstić information content (AvgIpc) is 1.69. The van der Waals surface area contributed by atoms with Crippen LogP contribution < -0.4 is 0 Å². The van der Waals surface area contributed by atoms with Crippen LogP contribution in [0.5, 0.6) is 0 Å². The predicted molar refractivity (Wildman–Crippen MR) is 34.4 cm³/mol. The van der Waals surface area contributed by atoms with E-state index in [1.54, 1.807) is 0 Å². The second kappa shape index (κ2) is 6.10. The Kier molecular flexibility index (Phi) is 6.19. The number of rotatable bonds is 4. The highest BCUT2D eigenvalue weighted by molar-refractivity contribution is 7.37. The lowest BCUT2D eigenvalue weighted by Gasteiger charge is -1.86. The first kappa shape index (κ1) is 7.10. The Bertz CT molecular complexity index is 45.3. The molecule has 0 aliphatic heterocycles. The third kappa shape index (κ3) is 6.10. The zero-order valence-corrected chi connectivity index (χ0v) is 5.61. The van der Waals surface area contributed by atoms with Crippen molar-refractivity contribution in [1.29, 1.82) is 0 Å². The lowest BCUT2D eigenvalue weighted by molar-refractivity contribution is -0.107. The van der Waals surface area contributed by atoms with Gasteiger partial charge in [0.1, 0.15) is 6.29 Å². The van der Waals surface area contributed by atoms with E-state index in [-0.39, 0.29) is 0 Å². The Balaban J connectivity index is 2.56. The molecule has 0 saturated heterocycles. The van der Waals surface area contributed by atoms with Gasteiger partial charge in [-0.15, -0.1) is 8.58 Å². The van der Waals surface area contributed by atoms with Gasteiger partial charge < -0.3 is 4.79 Å². The molecule has 1 unspecified atom stereocenters. The van der Waals surface area contributed by atoms with Crippen LogP contribution in [0.25, 0.3) is 0 Å². The van der Waals surface area contributed by atoms with Crippen molar-refractivity contribution in [1.82, 2.24) is 0 Å². The summed E-state index contributed by atoms with van der Waals surface area (Å²) in [7, 11) is 0.990. The molecular formula is C5H11OP. The molecule has 42 valence electrons. The van der Waals surface area contributed by atoms with Crippen LogP contribution in [0.2, 0.25) is 0 Å². The average molecular weight is 118 g/mol. The second-order valence-corrected chi connectivity index (χ2v) is 3.02. The fraction of sp³-hybridized carbons (Fsp3) is 0.800. The Hall–Kier alpha value is 0.100. The largest absolute Gasteiger partial charge is 0.303 e. The summed E-state index contributed by atoms with van der Waals surface area (Å²) < 4.78 is 0. The van der Waals surface area contributed by atoms with Crippen molar-refractivity contribution in [3.8, 4) is 0 Å². The summed E-state index contributed by atoms with van der Waals surface area (Å²) in [6.45, 7) is 2.14. The maximum absolute atomic E-state index is 9.68. The SMILES string of the molecule is CCPCCC=O. The summed E-state index contributed by atoms with van der Waals surface area (Å²) >= 11 is 0. The molecule has 0 bridgehead atoms. The number of hydrogen-bond donors (Lipinski definition) is 0. The highest BCUT2D eigenvalue weighted by Crippen LogP contribution is 2.07. The van der Waals surface area contributed by atoms with Gasteiger partial charge in [0.25, 0.3) is 0 Å². The van der Waals surface area contributed by atoms with Gasteiger partial charge in [-0.1, -0.05) is 6.92 Å². The number of hydrogen-bond acceptors (Lipinski definition) is 1. The molecule has 0 spiro atoms. The van der Waals surface area contributed by atoms with Gasteiger partial charge in [0.15, 0.2) is 0 Å². The minimum absolute atomic E-state index is 0.756.